The summed E-state index contributed by atoms with van der Waals surface area (Å²) in [6, 6.07) is 4.12. The van der Waals surface area contributed by atoms with Gasteiger partial charge in [-0.1, -0.05) is 26.8 Å². The van der Waals surface area contributed by atoms with Crippen LogP contribution < -0.4 is 5.32 Å². The molecule has 3 unspecified atom stereocenters. The summed E-state index contributed by atoms with van der Waals surface area (Å²) in [5, 5.41) is 3.23. The molecule has 0 aliphatic heterocycles. The van der Waals surface area contributed by atoms with E-state index in [1.165, 1.54) is 12.8 Å². The summed E-state index contributed by atoms with van der Waals surface area (Å²) in [4.78, 5) is 16.2. The van der Waals surface area contributed by atoms with Crippen molar-refractivity contribution in [1.82, 2.24) is 10.3 Å². The fourth-order valence-electron chi connectivity index (χ4n) is 4.29. The largest absolute Gasteiger partial charge is 0.349 e. The second kappa shape index (κ2) is 4.97. The number of nitrogens with zero attached hydrogens (tertiary/aromatic N) is 1. The van der Waals surface area contributed by atoms with Gasteiger partial charge < -0.3 is 5.32 Å². The monoisotopic (exact) mass is 284 g/mol. The molecular formula is C18H24N2O. The molecule has 3 nitrogen and oxygen atoms in total. The van der Waals surface area contributed by atoms with Crippen molar-refractivity contribution in [1.29, 1.82) is 0 Å². The van der Waals surface area contributed by atoms with Gasteiger partial charge in [-0.2, -0.15) is 0 Å². The minimum absolute atomic E-state index is 0.00780. The molecule has 1 aromatic heterocycles. The van der Waals surface area contributed by atoms with Gasteiger partial charge in [-0.3, -0.25) is 9.78 Å². The Hall–Kier alpha value is -1.64. The molecule has 2 aliphatic rings. The van der Waals surface area contributed by atoms with Crippen molar-refractivity contribution in [3.8, 4) is 0 Å². The van der Waals surface area contributed by atoms with E-state index in [4.69, 9.17) is 0 Å². The molecule has 2 aliphatic carbocycles. The van der Waals surface area contributed by atoms with E-state index in [0.717, 1.165) is 17.9 Å². The molecule has 3 heteroatoms. The molecule has 0 saturated heterocycles. The van der Waals surface area contributed by atoms with Gasteiger partial charge >= 0.3 is 0 Å². The normalized spacial score (nSPS) is 33.5. The molecule has 21 heavy (non-hydrogen) atoms. The van der Waals surface area contributed by atoms with Gasteiger partial charge in [0.15, 0.2) is 0 Å². The summed E-state index contributed by atoms with van der Waals surface area (Å²) >= 11 is 0. The van der Waals surface area contributed by atoms with Crippen LogP contribution in [0.25, 0.3) is 6.08 Å². The molecule has 3 rings (SSSR count). The second-order valence-electron chi connectivity index (χ2n) is 7.29. The molecule has 1 N–H and O–H groups in total. The average Bonchev–Trinajstić information content (AvgIpc) is 2.79. The summed E-state index contributed by atoms with van der Waals surface area (Å²) < 4.78 is 0. The number of amides is 1. The van der Waals surface area contributed by atoms with E-state index < -0.39 is 0 Å². The number of aromatic nitrogens is 1. The molecule has 2 fully saturated rings. The maximum atomic E-state index is 12.2. The maximum absolute atomic E-state index is 12.2. The van der Waals surface area contributed by atoms with E-state index >= 15 is 0 Å². The summed E-state index contributed by atoms with van der Waals surface area (Å²) in [5.74, 6) is 0.753. The Morgan fingerprint density at radius 1 is 1.43 bits per heavy atom. The topological polar surface area (TPSA) is 42.0 Å². The van der Waals surface area contributed by atoms with Crippen LogP contribution in [-0.2, 0) is 4.79 Å². The molecule has 2 saturated carbocycles. The summed E-state index contributed by atoms with van der Waals surface area (Å²) in [6.07, 6.45) is 10.6. The number of pyridine rings is 1. The van der Waals surface area contributed by atoms with E-state index in [-0.39, 0.29) is 11.3 Å². The van der Waals surface area contributed by atoms with Crippen LogP contribution in [0.15, 0.2) is 30.6 Å². The lowest BCUT2D eigenvalue weighted by Crippen LogP contribution is -2.46. The SMILES string of the molecule is CC1(C)C2CCC1(C)C(NC(=O)/C=C/c1cccnc1)C2. The molecular weight excluding hydrogens is 260 g/mol. The van der Waals surface area contributed by atoms with E-state index in [9.17, 15) is 4.79 Å². The number of hydrogen-bond acceptors (Lipinski definition) is 2. The van der Waals surface area contributed by atoms with E-state index in [2.05, 4.69) is 31.1 Å². The highest BCUT2D eigenvalue weighted by molar-refractivity contribution is 5.92. The zero-order chi connectivity index (χ0) is 15.1. The fraction of sp³-hybridized carbons (Fsp3) is 0.556. The van der Waals surface area contributed by atoms with Crippen LogP contribution in [0.2, 0.25) is 0 Å². The van der Waals surface area contributed by atoms with Crippen LogP contribution in [0.5, 0.6) is 0 Å². The molecule has 3 atom stereocenters. The van der Waals surface area contributed by atoms with Gasteiger partial charge in [-0.05, 0) is 53.7 Å². The Labute approximate surface area is 126 Å². The number of nitrogens with one attached hydrogen (secondary N) is 1. The van der Waals surface area contributed by atoms with Crippen molar-refractivity contribution in [2.75, 3.05) is 0 Å². The minimum atomic E-state index is 0.00780. The van der Waals surface area contributed by atoms with Crippen molar-refractivity contribution < 1.29 is 4.79 Å². The molecule has 0 aromatic carbocycles. The maximum Gasteiger partial charge on any atom is 0.244 e. The average molecular weight is 284 g/mol. The number of fused-ring (bicyclic) bond motifs is 2. The number of rotatable bonds is 3. The number of hydrogen-bond donors (Lipinski definition) is 1. The molecule has 1 heterocycles. The first-order valence-electron chi connectivity index (χ1n) is 7.82. The van der Waals surface area contributed by atoms with Gasteiger partial charge in [0.2, 0.25) is 5.91 Å². The van der Waals surface area contributed by atoms with Crippen molar-refractivity contribution in [2.24, 2.45) is 16.7 Å². The first-order valence-corrected chi connectivity index (χ1v) is 7.82. The van der Waals surface area contributed by atoms with Crippen LogP contribution in [0, 0.1) is 16.7 Å². The van der Waals surface area contributed by atoms with Crippen LogP contribution in [0.3, 0.4) is 0 Å². The number of carbonyl (C=O) groups is 1. The highest BCUT2D eigenvalue weighted by Crippen LogP contribution is 2.65. The Morgan fingerprint density at radius 3 is 2.81 bits per heavy atom. The standard InChI is InChI=1S/C18H24N2O/c1-17(2)14-8-9-18(17,3)15(11-14)20-16(21)7-6-13-5-4-10-19-12-13/h4-7,10,12,14-15H,8-9,11H2,1-3H3,(H,20,21)/b7-6+. The van der Waals surface area contributed by atoms with E-state index in [0.29, 0.717) is 11.5 Å². The molecule has 1 aromatic rings. The van der Waals surface area contributed by atoms with Gasteiger partial charge in [-0.25, -0.2) is 0 Å². The van der Waals surface area contributed by atoms with Crippen LogP contribution in [0.4, 0.5) is 0 Å². The highest BCUT2D eigenvalue weighted by Gasteiger charge is 2.61. The molecule has 2 bridgehead atoms. The molecule has 1 amide bonds. The van der Waals surface area contributed by atoms with Crippen LogP contribution >= 0.6 is 0 Å². The summed E-state index contributed by atoms with van der Waals surface area (Å²) in [5.41, 5.74) is 1.51. The highest BCUT2D eigenvalue weighted by atomic mass is 16.1. The predicted octanol–water partition coefficient (Wildman–Crippen LogP) is 3.43. The van der Waals surface area contributed by atoms with E-state index in [1.54, 1.807) is 18.5 Å². The zero-order valence-electron chi connectivity index (χ0n) is 13.1. The zero-order valence-corrected chi connectivity index (χ0v) is 13.1. The molecule has 0 radical (unpaired) electrons. The van der Waals surface area contributed by atoms with Gasteiger partial charge in [0.1, 0.15) is 0 Å². The fourth-order valence-corrected chi connectivity index (χ4v) is 4.29. The van der Waals surface area contributed by atoms with Crippen LogP contribution in [-0.4, -0.2) is 16.9 Å². The Balaban J connectivity index is 1.66. The third-order valence-electron chi connectivity index (χ3n) is 6.22. The minimum Gasteiger partial charge on any atom is -0.349 e. The Kier molecular flexibility index (Phi) is 3.39. The van der Waals surface area contributed by atoms with E-state index in [1.807, 2.05) is 18.2 Å². The van der Waals surface area contributed by atoms with Crippen molar-refractivity contribution >= 4 is 12.0 Å². The third kappa shape index (κ3) is 2.29. The van der Waals surface area contributed by atoms with Crippen molar-refractivity contribution in [2.45, 2.75) is 46.1 Å². The third-order valence-corrected chi connectivity index (χ3v) is 6.22. The Bertz CT molecular complexity index is 564. The van der Waals surface area contributed by atoms with Gasteiger partial charge in [-0.15, -0.1) is 0 Å². The first-order chi connectivity index (χ1) is 9.93. The smallest absolute Gasteiger partial charge is 0.244 e. The quantitative estimate of drug-likeness (QED) is 0.864. The van der Waals surface area contributed by atoms with Crippen LogP contribution in [0.1, 0.15) is 45.6 Å². The lowest BCUT2D eigenvalue weighted by Gasteiger charge is -2.39. The summed E-state index contributed by atoms with van der Waals surface area (Å²) in [6.45, 7) is 7.07. The van der Waals surface area contributed by atoms with Crippen molar-refractivity contribution in [3.05, 3.63) is 36.2 Å². The Morgan fingerprint density at radius 2 is 2.24 bits per heavy atom. The van der Waals surface area contributed by atoms with Gasteiger partial charge in [0.05, 0.1) is 0 Å². The predicted molar refractivity (Wildman–Crippen MR) is 84.4 cm³/mol. The van der Waals surface area contributed by atoms with Crippen molar-refractivity contribution in [3.63, 3.8) is 0 Å². The summed E-state index contributed by atoms with van der Waals surface area (Å²) in [7, 11) is 0. The second-order valence-corrected chi connectivity index (χ2v) is 7.29. The number of carbonyl (C=O) groups excluding carboxylic acids is 1. The molecule has 112 valence electrons. The lowest BCUT2D eigenvalue weighted by molar-refractivity contribution is -0.118. The molecule has 0 spiro atoms. The lowest BCUT2D eigenvalue weighted by atomic mass is 9.69. The van der Waals surface area contributed by atoms with Gasteiger partial charge in [0.25, 0.3) is 0 Å². The first kappa shape index (κ1) is 14.3. The van der Waals surface area contributed by atoms with Gasteiger partial charge in [0, 0.05) is 24.5 Å².